The van der Waals surface area contributed by atoms with E-state index in [9.17, 15) is 23.1 Å². The van der Waals surface area contributed by atoms with Gasteiger partial charge in [-0.2, -0.15) is 0 Å². The number of azo groups is 1. The predicted octanol–water partition coefficient (Wildman–Crippen LogP) is 2.30. The summed E-state index contributed by atoms with van der Waals surface area (Å²) in [5, 5.41) is 22.2. The Labute approximate surface area is 148 Å². The van der Waals surface area contributed by atoms with E-state index >= 15 is 0 Å². The maximum Gasteiger partial charge on any atom is 0.298 e. The Kier molecular flexibility index (Phi) is 6.32. The van der Waals surface area contributed by atoms with E-state index in [2.05, 4.69) is 19.6 Å². The normalized spacial score (nSPS) is 11.8. The molecule has 1 heterocycles. The van der Waals surface area contributed by atoms with Crippen molar-refractivity contribution in [2.75, 3.05) is 24.6 Å². The fraction of sp³-hybridized carbons (Fsp3) is 0.308. The summed E-state index contributed by atoms with van der Waals surface area (Å²) in [5.41, 5.74) is 0.135. The number of anilines is 1. The highest BCUT2D eigenvalue weighted by atomic mass is 32.3. The molecule has 0 bridgehead atoms. The monoisotopic (exact) mass is 384 g/mol. The van der Waals surface area contributed by atoms with Crippen LogP contribution < -0.4 is 4.90 Å². The summed E-state index contributed by atoms with van der Waals surface area (Å²) in [6.07, 6.45) is 1.36. The van der Waals surface area contributed by atoms with Gasteiger partial charge in [-0.05, 0) is 19.1 Å². The molecular weight excluding hydrogens is 370 g/mol. The summed E-state index contributed by atoms with van der Waals surface area (Å²) in [4.78, 5) is 12.3. The summed E-state index contributed by atoms with van der Waals surface area (Å²) in [7, 11) is -4.79. The highest BCUT2D eigenvalue weighted by Gasteiger charge is 2.17. The first-order valence-corrected chi connectivity index (χ1v) is 8.59. The van der Waals surface area contributed by atoms with Crippen LogP contribution >= 0.6 is 0 Å². The van der Waals surface area contributed by atoms with E-state index in [-0.39, 0.29) is 30.4 Å². The van der Waals surface area contributed by atoms with Crippen molar-refractivity contribution in [2.24, 2.45) is 10.2 Å². The summed E-state index contributed by atoms with van der Waals surface area (Å²) < 4.78 is 40.3. The van der Waals surface area contributed by atoms with Crippen LogP contribution in [0.3, 0.4) is 0 Å². The van der Waals surface area contributed by atoms with E-state index in [1.807, 2.05) is 0 Å². The maximum atomic E-state index is 11.3. The van der Waals surface area contributed by atoms with Crippen molar-refractivity contribution in [1.29, 1.82) is 0 Å². The summed E-state index contributed by atoms with van der Waals surface area (Å²) in [6.45, 7) is 1.84. The SMILES string of the molecule is CCN(CCOS(=O)(=O)[O-])c1ccc(N=Nc2ccno2)c([N+](=O)[O-])c1. The van der Waals surface area contributed by atoms with Crippen LogP contribution in [0, 0.1) is 10.1 Å². The minimum Gasteiger partial charge on any atom is -0.726 e. The van der Waals surface area contributed by atoms with Gasteiger partial charge in [-0.15, -0.1) is 10.2 Å². The van der Waals surface area contributed by atoms with Gasteiger partial charge in [-0.25, -0.2) is 8.42 Å². The number of benzene rings is 1. The smallest absolute Gasteiger partial charge is 0.298 e. The molecule has 2 rings (SSSR count). The predicted molar refractivity (Wildman–Crippen MR) is 87.3 cm³/mol. The van der Waals surface area contributed by atoms with Crippen LogP contribution in [0.5, 0.6) is 0 Å². The zero-order chi connectivity index (χ0) is 19.2. The lowest BCUT2D eigenvalue weighted by Crippen LogP contribution is -2.28. The zero-order valence-electron chi connectivity index (χ0n) is 13.5. The van der Waals surface area contributed by atoms with Gasteiger partial charge in [0.25, 0.3) is 11.6 Å². The molecule has 13 heteroatoms. The first-order chi connectivity index (χ1) is 12.3. The Bertz CT molecular complexity index is 882. The van der Waals surface area contributed by atoms with Crippen LogP contribution in [0.15, 0.2) is 45.2 Å². The van der Waals surface area contributed by atoms with Crippen molar-refractivity contribution in [2.45, 2.75) is 6.92 Å². The van der Waals surface area contributed by atoms with Crippen LogP contribution in [0.4, 0.5) is 22.9 Å². The third-order valence-electron chi connectivity index (χ3n) is 3.17. The number of aromatic nitrogens is 1. The molecule has 0 saturated carbocycles. The second kappa shape index (κ2) is 8.46. The highest BCUT2D eigenvalue weighted by Crippen LogP contribution is 2.33. The first kappa shape index (κ1) is 19.4. The molecule has 1 aromatic heterocycles. The third-order valence-corrected chi connectivity index (χ3v) is 3.63. The molecule has 0 atom stereocenters. The quantitative estimate of drug-likeness (QED) is 0.207. The molecule has 0 spiro atoms. The number of nitro groups is 1. The van der Waals surface area contributed by atoms with Gasteiger partial charge in [-0.1, -0.05) is 5.16 Å². The van der Waals surface area contributed by atoms with Crippen LogP contribution in [0.2, 0.25) is 0 Å². The molecule has 0 amide bonds. The van der Waals surface area contributed by atoms with Gasteiger partial charge < -0.3 is 14.0 Å². The largest absolute Gasteiger partial charge is 0.726 e. The zero-order valence-corrected chi connectivity index (χ0v) is 14.3. The Hall–Kier alpha value is -2.90. The fourth-order valence-electron chi connectivity index (χ4n) is 2.02. The molecule has 0 saturated heterocycles. The number of rotatable bonds is 9. The number of nitro benzene ring substituents is 1. The second-order valence-corrected chi connectivity index (χ2v) is 5.84. The molecule has 0 radical (unpaired) electrons. The van der Waals surface area contributed by atoms with E-state index in [0.717, 1.165) is 0 Å². The molecular formula is C13H14N5O7S-. The molecule has 0 aliphatic heterocycles. The van der Waals surface area contributed by atoms with Crippen molar-refractivity contribution < 1.29 is 26.6 Å². The molecule has 140 valence electrons. The van der Waals surface area contributed by atoms with Gasteiger partial charge in [0, 0.05) is 30.9 Å². The summed E-state index contributed by atoms with van der Waals surface area (Å²) in [6, 6.07) is 5.65. The molecule has 0 aliphatic rings. The van der Waals surface area contributed by atoms with Crippen molar-refractivity contribution in [3.8, 4) is 0 Å². The topological polar surface area (TPSA) is 164 Å². The number of hydrogen-bond donors (Lipinski definition) is 0. The average molecular weight is 384 g/mol. The Morgan fingerprint density at radius 3 is 2.69 bits per heavy atom. The molecule has 26 heavy (non-hydrogen) atoms. The summed E-state index contributed by atoms with van der Waals surface area (Å²) >= 11 is 0. The molecule has 0 unspecified atom stereocenters. The molecule has 0 N–H and O–H groups in total. The van der Waals surface area contributed by atoms with Gasteiger partial charge in [-0.3, -0.25) is 14.3 Å². The van der Waals surface area contributed by atoms with Crippen molar-refractivity contribution in [3.63, 3.8) is 0 Å². The standard InChI is InChI=1S/C13H15N5O7S/c1-2-17(7-8-24-26(21,22)23)10-3-4-11(12(9-10)18(19)20)15-16-13-5-6-14-25-13/h3-6,9H,2,7-8H2,1H3,(H,21,22,23)/p-1. The lowest BCUT2D eigenvalue weighted by molar-refractivity contribution is -0.384. The first-order valence-electron chi connectivity index (χ1n) is 7.26. The average Bonchev–Trinajstić information content (AvgIpc) is 3.09. The molecule has 0 aliphatic carbocycles. The second-order valence-electron chi connectivity index (χ2n) is 4.79. The van der Waals surface area contributed by atoms with Gasteiger partial charge >= 0.3 is 0 Å². The molecule has 12 nitrogen and oxygen atoms in total. The van der Waals surface area contributed by atoms with Gasteiger partial charge in [0.2, 0.25) is 10.4 Å². The molecule has 0 fully saturated rings. The lowest BCUT2D eigenvalue weighted by Gasteiger charge is -2.23. The Morgan fingerprint density at radius 2 is 2.12 bits per heavy atom. The lowest BCUT2D eigenvalue weighted by atomic mass is 10.2. The Morgan fingerprint density at radius 1 is 1.35 bits per heavy atom. The van der Waals surface area contributed by atoms with Gasteiger partial charge in [0.05, 0.1) is 17.7 Å². The third kappa shape index (κ3) is 5.58. The van der Waals surface area contributed by atoms with E-state index in [0.29, 0.717) is 12.2 Å². The van der Waals surface area contributed by atoms with Crippen LogP contribution in [0.1, 0.15) is 6.92 Å². The molecule has 2 aromatic rings. The number of hydrogen-bond acceptors (Lipinski definition) is 11. The highest BCUT2D eigenvalue weighted by molar-refractivity contribution is 7.80. The van der Waals surface area contributed by atoms with Gasteiger partial charge in [0.1, 0.15) is 0 Å². The van der Waals surface area contributed by atoms with Gasteiger partial charge in [0.15, 0.2) is 5.69 Å². The number of nitrogens with zero attached hydrogens (tertiary/aromatic N) is 5. The fourth-order valence-corrected chi connectivity index (χ4v) is 2.30. The summed E-state index contributed by atoms with van der Waals surface area (Å²) in [5.74, 6) is 0.0922. The Balaban J connectivity index is 2.21. The van der Waals surface area contributed by atoms with Crippen LogP contribution in [0.25, 0.3) is 0 Å². The number of likely N-dealkylation sites (N-methyl/N-ethyl adjacent to an activating group) is 1. The van der Waals surface area contributed by atoms with Crippen molar-refractivity contribution >= 4 is 33.3 Å². The van der Waals surface area contributed by atoms with Crippen LogP contribution in [-0.2, 0) is 14.6 Å². The van der Waals surface area contributed by atoms with Crippen LogP contribution in [-0.4, -0.2) is 42.7 Å². The minimum atomic E-state index is -4.79. The van der Waals surface area contributed by atoms with E-state index in [1.165, 1.54) is 24.4 Å². The van der Waals surface area contributed by atoms with E-state index in [1.54, 1.807) is 17.9 Å². The minimum absolute atomic E-state index is 0.00425. The van der Waals surface area contributed by atoms with Crippen molar-refractivity contribution in [3.05, 3.63) is 40.6 Å². The molecule has 1 aromatic carbocycles. The van der Waals surface area contributed by atoms with E-state index < -0.39 is 15.3 Å². The maximum absolute atomic E-state index is 11.3. The van der Waals surface area contributed by atoms with E-state index in [4.69, 9.17) is 4.52 Å². The van der Waals surface area contributed by atoms with Crippen molar-refractivity contribution in [1.82, 2.24) is 5.16 Å².